The van der Waals surface area contributed by atoms with Gasteiger partial charge in [0.25, 0.3) is 6.43 Å². The largest absolute Gasteiger partial charge is 0.478 e. The molecule has 0 unspecified atom stereocenters. The van der Waals surface area contributed by atoms with Crippen LogP contribution >= 0.6 is 0 Å². The molecular weight excluding hydrogens is 265 g/mol. The van der Waals surface area contributed by atoms with E-state index in [1.807, 2.05) is 0 Å². The van der Waals surface area contributed by atoms with Gasteiger partial charge < -0.3 is 20.8 Å². The van der Waals surface area contributed by atoms with Crippen LogP contribution in [0.2, 0.25) is 0 Å². The van der Waals surface area contributed by atoms with Gasteiger partial charge in [0.1, 0.15) is 5.82 Å². The van der Waals surface area contributed by atoms with Crippen LogP contribution in [0.3, 0.4) is 0 Å². The molecule has 8 heteroatoms. The van der Waals surface area contributed by atoms with Crippen molar-refractivity contribution in [2.45, 2.75) is 6.43 Å². The first-order valence-corrected chi connectivity index (χ1v) is 5.33. The van der Waals surface area contributed by atoms with Crippen LogP contribution in [0.5, 0.6) is 0 Å². The quantitative estimate of drug-likeness (QED) is 0.680. The third-order valence-corrected chi connectivity index (χ3v) is 2.42. The van der Waals surface area contributed by atoms with Gasteiger partial charge in [0, 0.05) is 12.2 Å². The molecule has 0 aliphatic rings. The van der Waals surface area contributed by atoms with E-state index in [4.69, 9.17) is 15.9 Å². The van der Waals surface area contributed by atoms with Crippen molar-refractivity contribution in [2.24, 2.45) is 0 Å². The van der Waals surface area contributed by atoms with Crippen LogP contribution in [-0.2, 0) is 0 Å². The first-order valence-electron chi connectivity index (χ1n) is 5.33. The summed E-state index contributed by atoms with van der Waals surface area (Å²) in [6.45, 7) is -1.54. The fraction of sp³-hybridized carbons (Fsp3) is 0.364. The van der Waals surface area contributed by atoms with Crippen LogP contribution in [0, 0.1) is 5.82 Å². The number of nitrogens with zero attached hydrogens (tertiary/aromatic N) is 1. The standard InChI is InChI=1S/C11H13F3N2O3/c12-7-4-8(15)6(11(18)19)3-9(7)16(1-2-17)5-10(13)14/h3-4,10,17H,1-2,5,15H2,(H,18,19). The second kappa shape index (κ2) is 6.28. The van der Waals surface area contributed by atoms with Gasteiger partial charge >= 0.3 is 5.97 Å². The second-order valence-electron chi connectivity index (χ2n) is 3.76. The number of anilines is 2. The number of nitrogens with two attached hydrogens (primary N) is 1. The molecule has 0 aromatic heterocycles. The van der Waals surface area contributed by atoms with Crippen molar-refractivity contribution in [1.82, 2.24) is 0 Å². The SMILES string of the molecule is Nc1cc(F)c(N(CCO)CC(F)F)cc1C(=O)O. The minimum absolute atomic E-state index is 0.246. The lowest BCUT2D eigenvalue weighted by Crippen LogP contribution is -2.32. The van der Waals surface area contributed by atoms with Crippen LogP contribution in [-0.4, -0.2) is 42.3 Å². The average Bonchev–Trinajstić information content (AvgIpc) is 2.27. The van der Waals surface area contributed by atoms with E-state index < -0.39 is 31.4 Å². The molecule has 0 fully saturated rings. The zero-order chi connectivity index (χ0) is 14.6. The number of halogens is 3. The summed E-state index contributed by atoms with van der Waals surface area (Å²) < 4.78 is 38.4. The van der Waals surface area contributed by atoms with Gasteiger partial charge in [0.15, 0.2) is 0 Å². The van der Waals surface area contributed by atoms with Crippen molar-refractivity contribution < 1.29 is 28.2 Å². The number of aromatic carboxylic acids is 1. The number of nitrogen functional groups attached to an aromatic ring is 1. The number of carbonyl (C=O) groups is 1. The number of aliphatic hydroxyl groups excluding tert-OH is 1. The molecule has 5 nitrogen and oxygen atoms in total. The highest BCUT2D eigenvalue weighted by Gasteiger charge is 2.20. The van der Waals surface area contributed by atoms with Crippen LogP contribution in [0.1, 0.15) is 10.4 Å². The maximum atomic E-state index is 13.7. The van der Waals surface area contributed by atoms with Crippen molar-refractivity contribution in [1.29, 1.82) is 0 Å². The number of benzene rings is 1. The number of aliphatic hydroxyl groups is 1. The molecule has 0 aliphatic carbocycles. The Bertz CT molecular complexity index is 469. The fourth-order valence-corrected chi connectivity index (χ4v) is 1.60. The fourth-order valence-electron chi connectivity index (χ4n) is 1.60. The van der Waals surface area contributed by atoms with E-state index in [1.165, 1.54) is 0 Å². The predicted molar refractivity (Wildman–Crippen MR) is 63.1 cm³/mol. The molecule has 19 heavy (non-hydrogen) atoms. The number of hydrogen-bond donors (Lipinski definition) is 3. The molecule has 106 valence electrons. The van der Waals surface area contributed by atoms with Gasteiger partial charge in [0.05, 0.1) is 24.4 Å². The Kier molecular flexibility index (Phi) is 4.99. The van der Waals surface area contributed by atoms with E-state index in [0.29, 0.717) is 0 Å². The molecular formula is C11H13F3N2O3. The molecule has 0 bridgehead atoms. The summed E-state index contributed by atoms with van der Waals surface area (Å²) in [5.74, 6) is -2.31. The van der Waals surface area contributed by atoms with Gasteiger partial charge in [-0.2, -0.15) is 0 Å². The Labute approximate surface area is 107 Å². The van der Waals surface area contributed by atoms with E-state index >= 15 is 0 Å². The van der Waals surface area contributed by atoms with E-state index in [-0.39, 0.29) is 23.5 Å². The highest BCUT2D eigenvalue weighted by molar-refractivity contribution is 5.95. The third kappa shape index (κ3) is 3.75. The smallest absolute Gasteiger partial charge is 0.337 e. The van der Waals surface area contributed by atoms with Crippen LogP contribution < -0.4 is 10.6 Å². The molecule has 0 spiro atoms. The molecule has 0 aliphatic heterocycles. The molecule has 1 aromatic carbocycles. The number of carboxylic acid groups (broad SMARTS) is 1. The molecule has 0 amide bonds. The summed E-state index contributed by atoms with van der Waals surface area (Å²) in [6, 6.07) is 1.64. The third-order valence-electron chi connectivity index (χ3n) is 2.42. The summed E-state index contributed by atoms with van der Waals surface area (Å²) in [4.78, 5) is 11.7. The number of rotatable bonds is 6. The summed E-state index contributed by atoms with van der Waals surface area (Å²) in [5.41, 5.74) is 4.32. The maximum Gasteiger partial charge on any atom is 0.337 e. The van der Waals surface area contributed by atoms with Crippen molar-refractivity contribution in [3.8, 4) is 0 Å². The number of alkyl halides is 2. The van der Waals surface area contributed by atoms with Gasteiger partial charge in [-0.3, -0.25) is 0 Å². The van der Waals surface area contributed by atoms with Crippen molar-refractivity contribution >= 4 is 17.3 Å². The maximum absolute atomic E-state index is 13.7. The monoisotopic (exact) mass is 278 g/mol. The van der Waals surface area contributed by atoms with E-state index in [2.05, 4.69) is 0 Å². The Balaban J connectivity index is 3.21. The zero-order valence-corrected chi connectivity index (χ0v) is 9.81. The average molecular weight is 278 g/mol. The number of carboxylic acids is 1. The molecule has 0 saturated heterocycles. The molecule has 1 aromatic rings. The van der Waals surface area contributed by atoms with Gasteiger partial charge in [0.2, 0.25) is 0 Å². The normalized spacial score (nSPS) is 10.8. The van der Waals surface area contributed by atoms with Crippen molar-refractivity contribution in [2.75, 3.05) is 30.3 Å². The molecule has 4 N–H and O–H groups in total. The Morgan fingerprint density at radius 1 is 1.42 bits per heavy atom. The summed E-state index contributed by atoms with van der Waals surface area (Å²) in [5, 5.41) is 17.6. The lowest BCUT2D eigenvalue weighted by atomic mass is 10.1. The van der Waals surface area contributed by atoms with Crippen LogP contribution in [0.15, 0.2) is 12.1 Å². The minimum atomic E-state index is -2.75. The van der Waals surface area contributed by atoms with Gasteiger partial charge in [-0.15, -0.1) is 0 Å². The van der Waals surface area contributed by atoms with Crippen LogP contribution in [0.25, 0.3) is 0 Å². The highest BCUT2D eigenvalue weighted by Crippen LogP contribution is 2.26. The molecule has 0 heterocycles. The van der Waals surface area contributed by atoms with E-state index in [9.17, 15) is 18.0 Å². The van der Waals surface area contributed by atoms with Crippen molar-refractivity contribution in [3.05, 3.63) is 23.5 Å². The molecule has 0 radical (unpaired) electrons. The van der Waals surface area contributed by atoms with Gasteiger partial charge in [-0.1, -0.05) is 0 Å². The highest BCUT2D eigenvalue weighted by atomic mass is 19.3. The topological polar surface area (TPSA) is 86.8 Å². The van der Waals surface area contributed by atoms with E-state index in [1.54, 1.807) is 0 Å². The lowest BCUT2D eigenvalue weighted by Gasteiger charge is -2.24. The summed E-state index contributed by atoms with van der Waals surface area (Å²) in [7, 11) is 0. The molecule has 1 rings (SSSR count). The van der Waals surface area contributed by atoms with Crippen LogP contribution in [0.4, 0.5) is 24.5 Å². The number of hydrogen-bond acceptors (Lipinski definition) is 4. The van der Waals surface area contributed by atoms with E-state index in [0.717, 1.165) is 17.0 Å². The second-order valence-corrected chi connectivity index (χ2v) is 3.76. The molecule has 0 atom stereocenters. The first kappa shape index (κ1) is 15.1. The first-order chi connectivity index (χ1) is 8.86. The predicted octanol–water partition coefficient (Wildman–Crippen LogP) is 1.17. The zero-order valence-electron chi connectivity index (χ0n) is 9.81. The van der Waals surface area contributed by atoms with Gasteiger partial charge in [-0.05, 0) is 12.1 Å². The molecule has 0 saturated carbocycles. The summed E-state index contributed by atoms with van der Waals surface area (Å²) in [6.07, 6.45) is -2.75. The van der Waals surface area contributed by atoms with Crippen molar-refractivity contribution in [3.63, 3.8) is 0 Å². The minimum Gasteiger partial charge on any atom is -0.478 e. The lowest BCUT2D eigenvalue weighted by molar-refractivity contribution is 0.0698. The van der Waals surface area contributed by atoms with Gasteiger partial charge in [-0.25, -0.2) is 18.0 Å². The Morgan fingerprint density at radius 3 is 2.53 bits per heavy atom. The Hall–Kier alpha value is -1.96. The summed E-state index contributed by atoms with van der Waals surface area (Å²) >= 11 is 0. The Morgan fingerprint density at radius 2 is 2.05 bits per heavy atom.